The van der Waals surface area contributed by atoms with E-state index in [2.05, 4.69) is 15.3 Å². The van der Waals surface area contributed by atoms with E-state index in [0.717, 1.165) is 45.3 Å². The number of anilines is 1. The molecule has 0 saturated carbocycles. The number of hydrogen-bond acceptors (Lipinski definition) is 5. The van der Waals surface area contributed by atoms with E-state index in [1.807, 2.05) is 49.6 Å². The third-order valence-corrected chi connectivity index (χ3v) is 6.46. The van der Waals surface area contributed by atoms with Gasteiger partial charge in [0.05, 0.1) is 16.8 Å². The second-order valence-electron chi connectivity index (χ2n) is 7.74. The van der Waals surface area contributed by atoms with Crippen LogP contribution in [-0.2, 0) is 24.1 Å². The second-order valence-corrected chi connectivity index (χ2v) is 8.65. The van der Waals surface area contributed by atoms with Crippen LogP contribution in [0.1, 0.15) is 29.2 Å². The summed E-state index contributed by atoms with van der Waals surface area (Å²) < 4.78 is 14.9. The molecule has 4 aromatic rings. The number of fused-ring (bicyclic) bond motifs is 1. The standard InChI is InChI=1S/C25H24FN3O2S/c1-3-17-11-19(8-15(2)20(17)12-24(30)31)22-13-23(29-14-28-22)27-6-4-16-9-18-5-7-32-25(18)21(26)10-16/h5,7-11,13-14H,3-4,6,12H2,1-2H3,(H,30,31)(H,27,28,29). The van der Waals surface area contributed by atoms with E-state index < -0.39 is 5.97 Å². The average Bonchev–Trinajstić information content (AvgIpc) is 3.24. The van der Waals surface area contributed by atoms with Crippen LogP contribution in [0.5, 0.6) is 0 Å². The number of rotatable bonds is 8. The number of hydrogen-bond donors (Lipinski definition) is 2. The number of halogens is 1. The summed E-state index contributed by atoms with van der Waals surface area (Å²) in [5.41, 5.74) is 5.47. The molecule has 0 radical (unpaired) electrons. The van der Waals surface area contributed by atoms with Crippen molar-refractivity contribution in [1.82, 2.24) is 9.97 Å². The van der Waals surface area contributed by atoms with Crippen molar-refractivity contribution in [3.8, 4) is 11.3 Å². The van der Waals surface area contributed by atoms with Crippen LogP contribution in [0.3, 0.4) is 0 Å². The van der Waals surface area contributed by atoms with E-state index in [0.29, 0.717) is 23.5 Å². The fourth-order valence-electron chi connectivity index (χ4n) is 3.95. The molecule has 0 saturated heterocycles. The number of benzene rings is 2. The van der Waals surface area contributed by atoms with Gasteiger partial charge in [-0.1, -0.05) is 13.0 Å². The first-order chi connectivity index (χ1) is 15.4. The molecule has 5 nitrogen and oxygen atoms in total. The van der Waals surface area contributed by atoms with Crippen molar-refractivity contribution in [3.63, 3.8) is 0 Å². The van der Waals surface area contributed by atoms with Crippen molar-refractivity contribution >= 4 is 33.2 Å². The molecule has 4 rings (SSSR count). The van der Waals surface area contributed by atoms with Gasteiger partial charge in [0.1, 0.15) is 18.0 Å². The molecule has 0 aliphatic heterocycles. The SMILES string of the molecule is CCc1cc(-c2cc(NCCc3cc(F)c4sccc4c3)ncn2)cc(C)c1CC(=O)O. The molecule has 0 aliphatic carbocycles. The first-order valence-electron chi connectivity index (χ1n) is 10.5. The zero-order chi connectivity index (χ0) is 22.7. The van der Waals surface area contributed by atoms with Crippen LogP contribution in [0.25, 0.3) is 21.3 Å². The van der Waals surface area contributed by atoms with Crippen LogP contribution in [-0.4, -0.2) is 27.6 Å². The van der Waals surface area contributed by atoms with E-state index in [4.69, 9.17) is 0 Å². The maximum atomic E-state index is 14.2. The van der Waals surface area contributed by atoms with Gasteiger partial charge in [-0.05, 0) is 77.1 Å². The van der Waals surface area contributed by atoms with Gasteiger partial charge in [0.25, 0.3) is 0 Å². The van der Waals surface area contributed by atoms with Gasteiger partial charge in [-0.15, -0.1) is 11.3 Å². The highest BCUT2D eigenvalue weighted by molar-refractivity contribution is 7.17. The Morgan fingerprint density at radius 2 is 2.03 bits per heavy atom. The minimum atomic E-state index is -0.831. The Morgan fingerprint density at radius 1 is 1.19 bits per heavy atom. The quantitative estimate of drug-likeness (QED) is 0.364. The molecule has 164 valence electrons. The Morgan fingerprint density at radius 3 is 2.81 bits per heavy atom. The highest BCUT2D eigenvalue weighted by atomic mass is 32.1. The van der Waals surface area contributed by atoms with Crippen molar-refractivity contribution < 1.29 is 14.3 Å². The topological polar surface area (TPSA) is 75.1 Å². The summed E-state index contributed by atoms with van der Waals surface area (Å²) >= 11 is 1.41. The Kier molecular flexibility index (Phi) is 6.46. The summed E-state index contributed by atoms with van der Waals surface area (Å²) in [6, 6.07) is 11.4. The van der Waals surface area contributed by atoms with Gasteiger partial charge in [-0.3, -0.25) is 4.79 Å². The third-order valence-electron chi connectivity index (χ3n) is 5.52. The molecular weight excluding hydrogens is 425 g/mol. The van der Waals surface area contributed by atoms with Gasteiger partial charge in [0.15, 0.2) is 0 Å². The van der Waals surface area contributed by atoms with Gasteiger partial charge >= 0.3 is 5.97 Å². The number of aryl methyl sites for hydroxylation is 2. The molecule has 0 spiro atoms. The summed E-state index contributed by atoms with van der Waals surface area (Å²) in [7, 11) is 0. The molecule has 32 heavy (non-hydrogen) atoms. The zero-order valence-corrected chi connectivity index (χ0v) is 18.8. The minimum Gasteiger partial charge on any atom is -0.481 e. The Labute approximate surface area is 190 Å². The lowest BCUT2D eigenvalue weighted by molar-refractivity contribution is -0.136. The van der Waals surface area contributed by atoms with E-state index >= 15 is 0 Å². The lowest BCUT2D eigenvalue weighted by Crippen LogP contribution is -2.07. The monoisotopic (exact) mass is 449 g/mol. The average molecular weight is 450 g/mol. The lowest BCUT2D eigenvalue weighted by Gasteiger charge is -2.13. The summed E-state index contributed by atoms with van der Waals surface area (Å²) in [6.07, 6.45) is 2.95. The van der Waals surface area contributed by atoms with Crippen molar-refractivity contribution in [1.29, 1.82) is 0 Å². The first kappa shape index (κ1) is 21.9. The number of nitrogens with zero attached hydrogens (tertiary/aromatic N) is 2. The Balaban J connectivity index is 1.49. The Bertz CT molecular complexity index is 1290. The first-order valence-corrected chi connectivity index (χ1v) is 11.4. The van der Waals surface area contributed by atoms with Crippen LogP contribution in [0.4, 0.5) is 10.2 Å². The lowest BCUT2D eigenvalue weighted by atomic mass is 9.93. The van der Waals surface area contributed by atoms with Crippen molar-refractivity contribution in [3.05, 3.63) is 76.2 Å². The summed E-state index contributed by atoms with van der Waals surface area (Å²) in [5, 5.41) is 15.3. The van der Waals surface area contributed by atoms with Gasteiger partial charge in [0.2, 0.25) is 0 Å². The van der Waals surface area contributed by atoms with Crippen molar-refractivity contribution in [2.45, 2.75) is 33.1 Å². The highest BCUT2D eigenvalue weighted by Gasteiger charge is 2.13. The number of thiophene rings is 1. The van der Waals surface area contributed by atoms with Gasteiger partial charge < -0.3 is 10.4 Å². The summed E-state index contributed by atoms with van der Waals surface area (Å²) in [6.45, 7) is 4.57. The molecule has 0 aliphatic rings. The molecule has 0 bridgehead atoms. The van der Waals surface area contributed by atoms with Crippen molar-refractivity contribution in [2.24, 2.45) is 0 Å². The molecule has 7 heteroatoms. The zero-order valence-electron chi connectivity index (χ0n) is 18.0. The van der Waals surface area contributed by atoms with E-state index in [1.165, 1.54) is 17.7 Å². The van der Waals surface area contributed by atoms with Crippen LogP contribution in [0, 0.1) is 12.7 Å². The number of carboxylic acid groups (broad SMARTS) is 1. The second kappa shape index (κ2) is 9.44. The van der Waals surface area contributed by atoms with Crippen LogP contribution in [0.15, 0.2) is 48.1 Å². The van der Waals surface area contributed by atoms with Crippen LogP contribution >= 0.6 is 11.3 Å². The normalized spacial score (nSPS) is 11.1. The van der Waals surface area contributed by atoms with Gasteiger partial charge in [0, 0.05) is 18.2 Å². The maximum Gasteiger partial charge on any atom is 0.307 e. The highest BCUT2D eigenvalue weighted by Crippen LogP contribution is 2.27. The molecule has 0 amide bonds. The van der Waals surface area contributed by atoms with E-state index in [1.54, 1.807) is 6.07 Å². The molecular formula is C25H24FN3O2S. The maximum absolute atomic E-state index is 14.2. The molecule has 0 atom stereocenters. The number of nitrogens with one attached hydrogen (secondary N) is 1. The number of carbonyl (C=O) groups is 1. The molecule has 2 N–H and O–H groups in total. The fourth-order valence-corrected chi connectivity index (χ4v) is 4.73. The molecule has 0 fully saturated rings. The smallest absolute Gasteiger partial charge is 0.307 e. The molecule has 2 heterocycles. The predicted octanol–water partition coefficient (Wildman–Crippen LogP) is 5.65. The van der Waals surface area contributed by atoms with E-state index in [9.17, 15) is 14.3 Å². The largest absolute Gasteiger partial charge is 0.481 e. The molecule has 0 unspecified atom stereocenters. The van der Waals surface area contributed by atoms with E-state index in [-0.39, 0.29) is 12.2 Å². The third kappa shape index (κ3) is 4.78. The summed E-state index contributed by atoms with van der Waals surface area (Å²) in [5.74, 6) is -0.315. The molecule has 2 aromatic heterocycles. The van der Waals surface area contributed by atoms with Crippen LogP contribution in [0.2, 0.25) is 0 Å². The molecule has 2 aromatic carbocycles. The number of aliphatic carboxylic acids is 1. The summed E-state index contributed by atoms with van der Waals surface area (Å²) in [4.78, 5) is 19.9. The number of carboxylic acids is 1. The minimum absolute atomic E-state index is 0.0175. The Hall–Kier alpha value is -3.32. The number of aromatic nitrogens is 2. The van der Waals surface area contributed by atoms with Gasteiger partial charge in [-0.25, -0.2) is 14.4 Å². The predicted molar refractivity (Wildman–Crippen MR) is 127 cm³/mol. The van der Waals surface area contributed by atoms with Crippen molar-refractivity contribution in [2.75, 3.05) is 11.9 Å². The van der Waals surface area contributed by atoms with Gasteiger partial charge in [-0.2, -0.15) is 0 Å². The fraction of sp³-hybridized carbons (Fsp3) is 0.240. The van der Waals surface area contributed by atoms with Crippen LogP contribution < -0.4 is 5.32 Å².